The summed E-state index contributed by atoms with van der Waals surface area (Å²) in [5, 5.41) is 5.88. The van der Waals surface area contributed by atoms with Gasteiger partial charge in [-0.05, 0) is 36.6 Å². The molecule has 0 spiro atoms. The summed E-state index contributed by atoms with van der Waals surface area (Å²) in [6, 6.07) is 13.8. The van der Waals surface area contributed by atoms with Crippen LogP contribution in [-0.2, 0) is 6.42 Å². The van der Waals surface area contributed by atoms with Gasteiger partial charge in [-0.25, -0.2) is 4.79 Å². The number of rotatable bonds is 7. The molecule has 2 aromatic rings. The van der Waals surface area contributed by atoms with Crippen molar-refractivity contribution in [3.63, 3.8) is 0 Å². The van der Waals surface area contributed by atoms with E-state index in [1.807, 2.05) is 36.4 Å². The van der Waals surface area contributed by atoms with Gasteiger partial charge in [-0.15, -0.1) is 0 Å². The topological polar surface area (TPSA) is 66.5 Å². The molecule has 1 unspecified atom stereocenters. The van der Waals surface area contributed by atoms with Crippen LogP contribution in [0, 0.1) is 5.92 Å². The van der Waals surface area contributed by atoms with Gasteiger partial charge < -0.3 is 20.3 Å². The van der Waals surface area contributed by atoms with Crippen molar-refractivity contribution in [1.82, 2.24) is 15.6 Å². The van der Waals surface area contributed by atoms with Crippen molar-refractivity contribution in [2.45, 2.75) is 12.8 Å². The summed E-state index contributed by atoms with van der Waals surface area (Å²) in [5.41, 5.74) is 2.10. The summed E-state index contributed by atoms with van der Waals surface area (Å²) in [5.74, 6) is 1.34. The standard InChI is InChI=1S/C20H26N4O2/c1-26-19-8-3-2-7-18(19)24-13-10-16(15-24)14-23-20(25)22-12-9-17-6-4-5-11-21-17/h2-8,11,16H,9-10,12-15H2,1H3,(H2,22,23,25). The van der Waals surface area contributed by atoms with E-state index >= 15 is 0 Å². The Morgan fingerprint density at radius 1 is 1.23 bits per heavy atom. The first-order valence-corrected chi connectivity index (χ1v) is 9.06. The fourth-order valence-corrected chi connectivity index (χ4v) is 3.26. The second-order valence-corrected chi connectivity index (χ2v) is 6.48. The van der Waals surface area contributed by atoms with E-state index < -0.39 is 0 Å². The Bertz CT molecular complexity index is 708. The number of ether oxygens (including phenoxy) is 1. The largest absolute Gasteiger partial charge is 0.495 e. The van der Waals surface area contributed by atoms with E-state index in [2.05, 4.69) is 26.6 Å². The van der Waals surface area contributed by atoms with Gasteiger partial charge in [0.05, 0.1) is 12.8 Å². The summed E-state index contributed by atoms with van der Waals surface area (Å²) in [7, 11) is 1.70. The number of hydrogen-bond acceptors (Lipinski definition) is 4. The summed E-state index contributed by atoms with van der Waals surface area (Å²) in [6.07, 6.45) is 3.56. The Labute approximate surface area is 154 Å². The van der Waals surface area contributed by atoms with E-state index in [0.29, 0.717) is 19.0 Å². The van der Waals surface area contributed by atoms with E-state index in [1.54, 1.807) is 13.3 Å². The van der Waals surface area contributed by atoms with Gasteiger partial charge in [0, 0.05) is 44.5 Å². The van der Waals surface area contributed by atoms with E-state index in [0.717, 1.165) is 43.1 Å². The first kappa shape index (κ1) is 18.0. The van der Waals surface area contributed by atoms with Crippen molar-refractivity contribution >= 4 is 11.7 Å². The van der Waals surface area contributed by atoms with Crippen LogP contribution in [-0.4, -0.2) is 44.3 Å². The average molecular weight is 354 g/mol. The second-order valence-electron chi connectivity index (χ2n) is 6.48. The van der Waals surface area contributed by atoms with Crippen LogP contribution in [0.1, 0.15) is 12.1 Å². The van der Waals surface area contributed by atoms with Crippen LogP contribution in [0.25, 0.3) is 0 Å². The predicted octanol–water partition coefficient (Wildman–Crippen LogP) is 2.46. The molecule has 1 aromatic carbocycles. The second kappa shape index (κ2) is 9.08. The van der Waals surface area contributed by atoms with E-state index in [-0.39, 0.29) is 6.03 Å². The number of aromatic nitrogens is 1. The minimum Gasteiger partial charge on any atom is -0.495 e. The average Bonchev–Trinajstić information content (AvgIpc) is 3.16. The first-order valence-electron chi connectivity index (χ1n) is 9.06. The third-order valence-corrected chi connectivity index (χ3v) is 4.66. The predicted molar refractivity (Wildman–Crippen MR) is 103 cm³/mol. The molecule has 3 rings (SSSR count). The zero-order valence-corrected chi connectivity index (χ0v) is 15.1. The number of methoxy groups -OCH3 is 1. The Balaban J connectivity index is 1.38. The number of carbonyl (C=O) groups excluding carboxylic acids is 1. The number of benzene rings is 1. The zero-order chi connectivity index (χ0) is 18.2. The summed E-state index contributed by atoms with van der Waals surface area (Å²) in [6.45, 7) is 3.17. The highest BCUT2D eigenvalue weighted by Gasteiger charge is 2.24. The molecule has 1 aliphatic rings. The van der Waals surface area contributed by atoms with E-state index in [9.17, 15) is 4.79 Å². The number of hydrogen-bond donors (Lipinski definition) is 2. The Morgan fingerprint density at radius 2 is 2.08 bits per heavy atom. The van der Waals surface area contributed by atoms with Gasteiger partial charge in [0.1, 0.15) is 5.75 Å². The fraction of sp³-hybridized carbons (Fsp3) is 0.400. The lowest BCUT2D eigenvalue weighted by Crippen LogP contribution is -2.39. The molecule has 0 aliphatic carbocycles. The molecule has 2 heterocycles. The smallest absolute Gasteiger partial charge is 0.314 e. The molecule has 6 heteroatoms. The monoisotopic (exact) mass is 354 g/mol. The highest BCUT2D eigenvalue weighted by atomic mass is 16.5. The summed E-state index contributed by atoms with van der Waals surface area (Å²) < 4.78 is 5.45. The van der Waals surface area contributed by atoms with Gasteiger partial charge in [-0.1, -0.05) is 18.2 Å². The van der Waals surface area contributed by atoms with Crippen LogP contribution in [0.5, 0.6) is 5.75 Å². The van der Waals surface area contributed by atoms with Crippen molar-refractivity contribution in [1.29, 1.82) is 0 Å². The third kappa shape index (κ3) is 4.88. The number of para-hydroxylation sites is 2. The lowest BCUT2D eigenvalue weighted by Gasteiger charge is -2.21. The summed E-state index contributed by atoms with van der Waals surface area (Å²) >= 11 is 0. The number of urea groups is 1. The van der Waals surface area contributed by atoms with Crippen LogP contribution in [0.2, 0.25) is 0 Å². The van der Waals surface area contributed by atoms with Crippen molar-refractivity contribution < 1.29 is 9.53 Å². The normalized spacial score (nSPS) is 16.3. The third-order valence-electron chi connectivity index (χ3n) is 4.66. The summed E-state index contributed by atoms with van der Waals surface area (Å²) in [4.78, 5) is 18.5. The van der Waals surface area contributed by atoms with Gasteiger partial charge >= 0.3 is 6.03 Å². The molecule has 2 N–H and O–H groups in total. The maximum atomic E-state index is 12.0. The fourth-order valence-electron chi connectivity index (χ4n) is 3.26. The van der Waals surface area contributed by atoms with Crippen LogP contribution in [0.15, 0.2) is 48.7 Å². The minimum absolute atomic E-state index is 0.114. The van der Waals surface area contributed by atoms with E-state index in [1.165, 1.54) is 0 Å². The lowest BCUT2D eigenvalue weighted by atomic mass is 10.1. The molecule has 1 saturated heterocycles. The lowest BCUT2D eigenvalue weighted by molar-refractivity contribution is 0.239. The van der Waals surface area contributed by atoms with Crippen LogP contribution >= 0.6 is 0 Å². The molecule has 2 amide bonds. The number of nitrogens with zero attached hydrogens (tertiary/aromatic N) is 2. The minimum atomic E-state index is -0.114. The number of amides is 2. The van der Waals surface area contributed by atoms with Crippen LogP contribution < -0.4 is 20.3 Å². The molecular formula is C20H26N4O2. The van der Waals surface area contributed by atoms with Crippen molar-refractivity contribution in [3.8, 4) is 5.75 Å². The highest BCUT2D eigenvalue weighted by molar-refractivity contribution is 5.73. The molecule has 6 nitrogen and oxygen atoms in total. The molecule has 1 fully saturated rings. The molecule has 0 saturated carbocycles. The van der Waals surface area contributed by atoms with Crippen molar-refractivity contribution in [2.24, 2.45) is 5.92 Å². The molecule has 138 valence electrons. The van der Waals surface area contributed by atoms with Gasteiger partial charge in [-0.2, -0.15) is 0 Å². The molecular weight excluding hydrogens is 328 g/mol. The maximum Gasteiger partial charge on any atom is 0.314 e. The van der Waals surface area contributed by atoms with Gasteiger partial charge in [0.15, 0.2) is 0 Å². The molecule has 0 radical (unpaired) electrons. The maximum absolute atomic E-state index is 12.0. The van der Waals surface area contributed by atoms with Crippen molar-refractivity contribution in [3.05, 3.63) is 54.4 Å². The number of nitrogens with one attached hydrogen (secondary N) is 2. The Kier molecular flexibility index (Phi) is 6.30. The van der Waals surface area contributed by atoms with Gasteiger partial charge in [0.25, 0.3) is 0 Å². The number of anilines is 1. The molecule has 1 aromatic heterocycles. The Morgan fingerprint density at radius 3 is 2.88 bits per heavy atom. The van der Waals surface area contributed by atoms with Crippen LogP contribution in [0.3, 0.4) is 0 Å². The van der Waals surface area contributed by atoms with Gasteiger partial charge in [-0.3, -0.25) is 4.98 Å². The van der Waals surface area contributed by atoms with Crippen molar-refractivity contribution in [2.75, 3.05) is 38.2 Å². The molecule has 1 aliphatic heterocycles. The first-order chi connectivity index (χ1) is 12.8. The molecule has 26 heavy (non-hydrogen) atoms. The van der Waals surface area contributed by atoms with Gasteiger partial charge in [0.2, 0.25) is 0 Å². The van der Waals surface area contributed by atoms with E-state index in [4.69, 9.17) is 4.74 Å². The van der Waals surface area contributed by atoms with Crippen LogP contribution in [0.4, 0.5) is 10.5 Å². The SMILES string of the molecule is COc1ccccc1N1CCC(CNC(=O)NCCc2ccccn2)C1. The number of carbonyl (C=O) groups is 1. The molecule has 0 bridgehead atoms. The number of pyridine rings is 1. The Hall–Kier alpha value is -2.76. The molecule has 1 atom stereocenters. The quantitative estimate of drug-likeness (QED) is 0.802. The highest BCUT2D eigenvalue weighted by Crippen LogP contribution is 2.31. The zero-order valence-electron chi connectivity index (χ0n) is 15.1.